The average molecular weight is 240 g/mol. The maximum atomic E-state index is 5.65. The van der Waals surface area contributed by atoms with Crippen molar-refractivity contribution in [3.8, 4) is 29.9 Å². The van der Waals surface area contributed by atoms with Crippen LogP contribution in [0.15, 0.2) is 36.7 Å². The molecule has 0 amide bonds. The molecule has 0 spiro atoms. The van der Waals surface area contributed by atoms with Crippen LogP contribution in [0.4, 0.5) is 0 Å². The predicted octanol–water partition coefficient (Wildman–Crippen LogP) is 2.59. The largest absolute Gasteiger partial charge is 0.464 e. The maximum Gasteiger partial charge on any atom is 0.226 e. The molecule has 4 heteroatoms. The summed E-state index contributed by atoms with van der Waals surface area (Å²) in [7, 11) is 0. The Labute approximate surface area is 106 Å². The van der Waals surface area contributed by atoms with Crippen molar-refractivity contribution in [1.82, 2.24) is 9.97 Å². The lowest BCUT2D eigenvalue weighted by atomic mass is 10.2. The number of aryl methyl sites for hydroxylation is 1. The highest BCUT2D eigenvalue weighted by Gasteiger charge is 2.03. The molecular weight excluding hydrogens is 228 g/mol. The van der Waals surface area contributed by atoms with Crippen LogP contribution in [0.5, 0.6) is 17.5 Å². The predicted molar refractivity (Wildman–Crippen MR) is 67.6 cm³/mol. The molecule has 0 unspecified atom stereocenters. The molecule has 0 saturated carbocycles. The summed E-state index contributed by atoms with van der Waals surface area (Å²) in [6.07, 6.45) is 6.48. The molecule has 0 fully saturated rings. The first-order chi connectivity index (χ1) is 8.79. The van der Waals surface area contributed by atoms with Gasteiger partial charge in [0.15, 0.2) is 6.61 Å². The number of benzene rings is 1. The van der Waals surface area contributed by atoms with Crippen molar-refractivity contribution in [2.24, 2.45) is 0 Å². The Kier molecular flexibility index (Phi) is 3.77. The molecule has 0 aliphatic carbocycles. The Morgan fingerprint density at radius 2 is 2.00 bits per heavy atom. The van der Waals surface area contributed by atoms with E-state index in [1.165, 1.54) is 6.33 Å². The summed E-state index contributed by atoms with van der Waals surface area (Å²) in [6.45, 7) is 2.13. The fourth-order valence-corrected chi connectivity index (χ4v) is 1.36. The Balaban J connectivity index is 2.15. The molecule has 90 valence electrons. The van der Waals surface area contributed by atoms with Crippen molar-refractivity contribution in [2.75, 3.05) is 6.61 Å². The van der Waals surface area contributed by atoms with Crippen molar-refractivity contribution in [3.05, 3.63) is 42.2 Å². The fraction of sp³-hybridized carbons (Fsp3) is 0.143. The summed E-state index contributed by atoms with van der Waals surface area (Å²) >= 11 is 0. The van der Waals surface area contributed by atoms with Gasteiger partial charge in [0.2, 0.25) is 11.8 Å². The molecule has 2 rings (SSSR count). The zero-order chi connectivity index (χ0) is 12.8. The Bertz CT molecular complexity index is 576. The number of ether oxygens (including phenoxy) is 2. The first-order valence-corrected chi connectivity index (χ1v) is 5.41. The first-order valence-electron chi connectivity index (χ1n) is 5.41. The minimum Gasteiger partial charge on any atom is -0.464 e. The first kappa shape index (κ1) is 11.9. The van der Waals surface area contributed by atoms with Crippen molar-refractivity contribution >= 4 is 0 Å². The van der Waals surface area contributed by atoms with E-state index in [4.69, 9.17) is 15.9 Å². The van der Waals surface area contributed by atoms with Gasteiger partial charge in [-0.1, -0.05) is 24.1 Å². The SMILES string of the molecule is C#CCOc1cc(Oc2ccccc2C)ncn1. The van der Waals surface area contributed by atoms with Gasteiger partial charge in [-0.3, -0.25) is 0 Å². The third kappa shape index (κ3) is 2.98. The molecule has 0 saturated heterocycles. The number of para-hydroxylation sites is 1. The molecule has 0 bridgehead atoms. The van der Waals surface area contributed by atoms with Crippen LogP contribution in [0, 0.1) is 19.3 Å². The molecule has 18 heavy (non-hydrogen) atoms. The van der Waals surface area contributed by atoms with E-state index in [1.807, 2.05) is 31.2 Å². The van der Waals surface area contributed by atoms with Gasteiger partial charge >= 0.3 is 0 Å². The van der Waals surface area contributed by atoms with Crippen LogP contribution in [0.3, 0.4) is 0 Å². The monoisotopic (exact) mass is 240 g/mol. The highest BCUT2D eigenvalue weighted by molar-refractivity contribution is 5.35. The molecule has 1 aromatic carbocycles. The van der Waals surface area contributed by atoms with Crippen LogP contribution in [0.25, 0.3) is 0 Å². The third-order valence-corrected chi connectivity index (χ3v) is 2.23. The lowest BCUT2D eigenvalue weighted by Crippen LogP contribution is -1.97. The summed E-state index contributed by atoms with van der Waals surface area (Å²) in [5.41, 5.74) is 1.03. The summed E-state index contributed by atoms with van der Waals surface area (Å²) in [4.78, 5) is 7.95. The molecular formula is C14H12N2O2. The smallest absolute Gasteiger partial charge is 0.226 e. The van der Waals surface area contributed by atoms with Crippen LogP contribution < -0.4 is 9.47 Å². The molecule has 0 N–H and O–H groups in total. The average Bonchev–Trinajstić information content (AvgIpc) is 2.40. The van der Waals surface area contributed by atoms with E-state index in [0.29, 0.717) is 11.8 Å². The van der Waals surface area contributed by atoms with E-state index in [0.717, 1.165) is 11.3 Å². The van der Waals surface area contributed by atoms with Crippen molar-refractivity contribution in [1.29, 1.82) is 0 Å². The van der Waals surface area contributed by atoms with Gasteiger partial charge in [0, 0.05) is 0 Å². The summed E-state index contributed by atoms with van der Waals surface area (Å²) in [5.74, 6) is 3.94. The number of hydrogen-bond acceptors (Lipinski definition) is 4. The third-order valence-electron chi connectivity index (χ3n) is 2.23. The summed E-state index contributed by atoms with van der Waals surface area (Å²) < 4.78 is 10.8. The fourth-order valence-electron chi connectivity index (χ4n) is 1.36. The molecule has 1 heterocycles. The van der Waals surface area contributed by atoms with E-state index >= 15 is 0 Å². The molecule has 0 radical (unpaired) electrons. The minimum atomic E-state index is 0.167. The summed E-state index contributed by atoms with van der Waals surface area (Å²) in [5, 5.41) is 0. The second kappa shape index (κ2) is 5.69. The lowest BCUT2D eigenvalue weighted by Gasteiger charge is -2.08. The zero-order valence-corrected chi connectivity index (χ0v) is 9.96. The highest BCUT2D eigenvalue weighted by Crippen LogP contribution is 2.24. The van der Waals surface area contributed by atoms with Crippen LogP contribution in [-0.4, -0.2) is 16.6 Å². The normalized spacial score (nSPS) is 9.56. The van der Waals surface area contributed by atoms with Gasteiger partial charge in [-0.25, -0.2) is 9.97 Å². The second-order valence-electron chi connectivity index (χ2n) is 3.55. The number of aromatic nitrogens is 2. The molecule has 0 atom stereocenters. The molecule has 2 aromatic rings. The minimum absolute atomic E-state index is 0.167. The number of nitrogens with zero attached hydrogens (tertiary/aromatic N) is 2. The standard InChI is InChI=1S/C14H12N2O2/c1-3-8-17-13-9-14(16-10-15-13)18-12-7-5-4-6-11(12)2/h1,4-7,9-10H,8H2,2H3. The van der Waals surface area contributed by atoms with E-state index in [2.05, 4.69) is 15.9 Å². The quantitative estimate of drug-likeness (QED) is 0.770. The molecule has 0 aliphatic heterocycles. The van der Waals surface area contributed by atoms with Crippen molar-refractivity contribution in [3.63, 3.8) is 0 Å². The Morgan fingerprint density at radius 1 is 1.22 bits per heavy atom. The lowest BCUT2D eigenvalue weighted by molar-refractivity contribution is 0.349. The number of hydrogen-bond donors (Lipinski definition) is 0. The van der Waals surface area contributed by atoms with E-state index < -0.39 is 0 Å². The summed E-state index contributed by atoms with van der Waals surface area (Å²) in [6, 6.07) is 9.29. The van der Waals surface area contributed by atoms with Crippen LogP contribution >= 0.6 is 0 Å². The topological polar surface area (TPSA) is 44.2 Å². The second-order valence-corrected chi connectivity index (χ2v) is 3.55. The molecule has 1 aromatic heterocycles. The van der Waals surface area contributed by atoms with Gasteiger partial charge in [-0.05, 0) is 18.6 Å². The van der Waals surface area contributed by atoms with Gasteiger partial charge in [-0.2, -0.15) is 0 Å². The maximum absolute atomic E-state index is 5.65. The van der Waals surface area contributed by atoms with Crippen molar-refractivity contribution in [2.45, 2.75) is 6.92 Å². The Hall–Kier alpha value is -2.54. The van der Waals surface area contributed by atoms with E-state index in [-0.39, 0.29) is 6.61 Å². The molecule has 4 nitrogen and oxygen atoms in total. The molecule has 0 aliphatic rings. The Morgan fingerprint density at radius 3 is 2.78 bits per heavy atom. The van der Waals surface area contributed by atoms with Crippen molar-refractivity contribution < 1.29 is 9.47 Å². The van der Waals surface area contributed by atoms with Gasteiger partial charge < -0.3 is 9.47 Å². The number of terminal acetylenes is 1. The van der Waals surface area contributed by atoms with E-state index in [1.54, 1.807) is 6.07 Å². The van der Waals surface area contributed by atoms with Crippen LogP contribution in [0.2, 0.25) is 0 Å². The van der Waals surface area contributed by atoms with Crippen LogP contribution in [0.1, 0.15) is 5.56 Å². The van der Waals surface area contributed by atoms with Gasteiger partial charge in [-0.15, -0.1) is 6.42 Å². The zero-order valence-electron chi connectivity index (χ0n) is 9.96. The number of rotatable bonds is 4. The van der Waals surface area contributed by atoms with Crippen LogP contribution in [-0.2, 0) is 0 Å². The highest BCUT2D eigenvalue weighted by atomic mass is 16.5. The van der Waals surface area contributed by atoms with Gasteiger partial charge in [0.25, 0.3) is 0 Å². The van der Waals surface area contributed by atoms with E-state index in [9.17, 15) is 0 Å². The van der Waals surface area contributed by atoms with Gasteiger partial charge in [0.05, 0.1) is 6.07 Å². The van der Waals surface area contributed by atoms with Gasteiger partial charge in [0.1, 0.15) is 12.1 Å².